The molecule has 1 aliphatic rings. The van der Waals surface area contributed by atoms with Crippen LogP contribution in [0.2, 0.25) is 5.02 Å². The molecule has 0 aliphatic heterocycles. The maximum Gasteiger partial charge on any atom is 0.248 e. The first-order valence-electron chi connectivity index (χ1n) is 6.96. The number of hydrogen-bond acceptors (Lipinski definition) is 2. The van der Waals surface area contributed by atoms with E-state index in [1.54, 1.807) is 24.3 Å². The monoisotopic (exact) mass is 317 g/mol. The van der Waals surface area contributed by atoms with Gasteiger partial charge in [0.2, 0.25) is 11.8 Å². The summed E-state index contributed by atoms with van der Waals surface area (Å²) in [5.41, 5.74) is 0.733. The van der Waals surface area contributed by atoms with E-state index in [1.807, 2.05) is 0 Å². The van der Waals surface area contributed by atoms with Gasteiger partial charge in [0.1, 0.15) is 0 Å². The van der Waals surface area contributed by atoms with E-state index in [4.69, 9.17) is 11.6 Å². The lowest BCUT2D eigenvalue weighted by atomic mass is 9.86. The SMILES string of the molecule is O=C(NC(CO)c1ccc(Cl)cc1)C1CCC(F)(F)CC1. The van der Waals surface area contributed by atoms with Crippen molar-refractivity contribution in [1.29, 1.82) is 0 Å². The van der Waals surface area contributed by atoms with E-state index in [0.29, 0.717) is 5.02 Å². The van der Waals surface area contributed by atoms with Crippen LogP contribution >= 0.6 is 11.6 Å². The Morgan fingerprint density at radius 3 is 2.43 bits per heavy atom. The molecule has 6 heteroatoms. The zero-order valence-electron chi connectivity index (χ0n) is 11.5. The number of benzene rings is 1. The van der Waals surface area contributed by atoms with Crippen LogP contribution in [0.15, 0.2) is 24.3 Å². The Bertz CT molecular complexity index is 483. The third kappa shape index (κ3) is 4.38. The van der Waals surface area contributed by atoms with Gasteiger partial charge in [-0.3, -0.25) is 4.79 Å². The molecule has 3 nitrogen and oxygen atoms in total. The third-order valence-corrected chi connectivity index (χ3v) is 4.11. The van der Waals surface area contributed by atoms with Crippen LogP contribution in [0.3, 0.4) is 0 Å². The standard InChI is InChI=1S/C15H18ClF2NO2/c16-12-3-1-10(2-4-12)13(9-20)19-14(21)11-5-7-15(17,18)8-6-11/h1-4,11,13,20H,5-9H2,(H,19,21). The topological polar surface area (TPSA) is 49.3 Å². The molecule has 2 N–H and O–H groups in total. The van der Waals surface area contributed by atoms with Crippen molar-refractivity contribution in [3.05, 3.63) is 34.9 Å². The molecule has 2 rings (SSSR count). The largest absolute Gasteiger partial charge is 0.394 e. The van der Waals surface area contributed by atoms with Crippen molar-refractivity contribution < 1.29 is 18.7 Å². The molecule has 0 aromatic heterocycles. The van der Waals surface area contributed by atoms with Crippen LogP contribution in [-0.2, 0) is 4.79 Å². The van der Waals surface area contributed by atoms with Gasteiger partial charge in [0.15, 0.2) is 0 Å². The molecule has 0 bridgehead atoms. The van der Waals surface area contributed by atoms with Gasteiger partial charge in [0.25, 0.3) is 0 Å². The maximum absolute atomic E-state index is 13.1. The molecule has 0 saturated heterocycles. The molecule has 21 heavy (non-hydrogen) atoms. The number of halogens is 3. The van der Waals surface area contributed by atoms with Crippen LogP contribution in [0.5, 0.6) is 0 Å². The van der Waals surface area contributed by atoms with E-state index in [1.165, 1.54) is 0 Å². The lowest BCUT2D eigenvalue weighted by molar-refractivity contribution is -0.130. The summed E-state index contributed by atoms with van der Waals surface area (Å²) in [6.07, 6.45) is -0.152. The smallest absolute Gasteiger partial charge is 0.248 e. The first-order chi connectivity index (χ1) is 9.91. The molecule has 0 heterocycles. The number of aliphatic hydroxyl groups excluding tert-OH is 1. The number of carbonyl (C=O) groups is 1. The van der Waals surface area contributed by atoms with Gasteiger partial charge in [-0.1, -0.05) is 23.7 Å². The van der Waals surface area contributed by atoms with Crippen molar-refractivity contribution in [3.63, 3.8) is 0 Å². The predicted molar refractivity (Wildman–Crippen MR) is 76.3 cm³/mol. The van der Waals surface area contributed by atoms with Crippen LogP contribution < -0.4 is 5.32 Å². The van der Waals surface area contributed by atoms with E-state index in [-0.39, 0.29) is 38.2 Å². The Labute approximate surface area is 127 Å². The predicted octanol–water partition coefficient (Wildman–Crippen LogP) is 3.32. The fourth-order valence-electron chi connectivity index (χ4n) is 2.52. The van der Waals surface area contributed by atoms with Gasteiger partial charge in [0, 0.05) is 23.8 Å². The highest BCUT2D eigenvalue weighted by Crippen LogP contribution is 2.36. The average Bonchev–Trinajstić information content (AvgIpc) is 2.45. The number of carbonyl (C=O) groups excluding carboxylic acids is 1. The summed E-state index contributed by atoms with van der Waals surface area (Å²) < 4.78 is 26.2. The van der Waals surface area contributed by atoms with Crippen LogP contribution in [-0.4, -0.2) is 23.5 Å². The zero-order valence-corrected chi connectivity index (χ0v) is 12.2. The highest BCUT2D eigenvalue weighted by molar-refractivity contribution is 6.30. The minimum Gasteiger partial charge on any atom is -0.394 e. The van der Waals surface area contributed by atoms with Crippen molar-refractivity contribution in [2.24, 2.45) is 5.92 Å². The van der Waals surface area contributed by atoms with Gasteiger partial charge in [-0.05, 0) is 30.5 Å². The number of hydrogen-bond donors (Lipinski definition) is 2. The Morgan fingerprint density at radius 2 is 1.90 bits per heavy atom. The molecule has 1 aromatic carbocycles. The summed E-state index contributed by atoms with van der Waals surface area (Å²) in [5, 5.41) is 12.7. The van der Waals surface area contributed by atoms with E-state index in [0.717, 1.165) is 5.56 Å². The molecular weight excluding hydrogens is 300 g/mol. The fourth-order valence-corrected chi connectivity index (χ4v) is 2.65. The maximum atomic E-state index is 13.1. The molecule has 1 aromatic rings. The summed E-state index contributed by atoms with van der Waals surface area (Å²) in [5.74, 6) is -3.34. The third-order valence-electron chi connectivity index (χ3n) is 3.86. The summed E-state index contributed by atoms with van der Waals surface area (Å²) in [7, 11) is 0. The van der Waals surface area contributed by atoms with Gasteiger partial charge in [-0.15, -0.1) is 0 Å². The molecule has 0 spiro atoms. The average molecular weight is 318 g/mol. The summed E-state index contributed by atoms with van der Waals surface area (Å²) in [6, 6.07) is 6.24. The van der Waals surface area contributed by atoms with Gasteiger partial charge in [-0.2, -0.15) is 0 Å². The van der Waals surface area contributed by atoms with Crippen LogP contribution in [0.25, 0.3) is 0 Å². The zero-order chi connectivity index (χ0) is 15.5. The van der Waals surface area contributed by atoms with E-state index >= 15 is 0 Å². The normalized spacial score (nSPS) is 20.0. The molecular formula is C15H18ClF2NO2. The van der Waals surface area contributed by atoms with Crippen LogP contribution in [0, 0.1) is 5.92 Å². The molecule has 1 atom stereocenters. The highest BCUT2D eigenvalue weighted by Gasteiger charge is 2.37. The molecule has 1 amide bonds. The van der Waals surface area contributed by atoms with Gasteiger partial charge >= 0.3 is 0 Å². The second kappa shape index (κ2) is 6.71. The number of alkyl halides is 2. The minimum absolute atomic E-state index is 0.178. The van der Waals surface area contributed by atoms with Crippen molar-refractivity contribution >= 4 is 17.5 Å². The van der Waals surface area contributed by atoms with Gasteiger partial charge in [0.05, 0.1) is 12.6 Å². The lowest BCUT2D eigenvalue weighted by Gasteiger charge is -2.28. The Balaban J connectivity index is 1.95. The molecule has 116 valence electrons. The second-order valence-electron chi connectivity index (χ2n) is 5.43. The highest BCUT2D eigenvalue weighted by atomic mass is 35.5. The van der Waals surface area contributed by atoms with Gasteiger partial charge in [-0.25, -0.2) is 8.78 Å². The molecule has 0 radical (unpaired) electrons. The van der Waals surface area contributed by atoms with E-state index < -0.39 is 17.9 Å². The Kier molecular flexibility index (Phi) is 5.17. The first-order valence-corrected chi connectivity index (χ1v) is 7.33. The molecule has 1 saturated carbocycles. The number of nitrogens with one attached hydrogen (secondary N) is 1. The quantitative estimate of drug-likeness (QED) is 0.895. The summed E-state index contributed by atoms with van der Waals surface area (Å²) in [4.78, 5) is 12.1. The van der Waals surface area contributed by atoms with Crippen molar-refractivity contribution in [3.8, 4) is 0 Å². The fraction of sp³-hybridized carbons (Fsp3) is 0.533. The second-order valence-corrected chi connectivity index (χ2v) is 5.86. The minimum atomic E-state index is -2.65. The van der Waals surface area contributed by atoms with Crippen molar-refractivity contribution in [1.82, 2.24) is 5.32 Å². The Morgan fingerprint density at radius 1 is 1.33 bits per heavy atom. The molecule has 1 fully saturated rings. The summed E-state index contributed by atoms with van der Waals surface area (Å²) in [6.45, 7) is -0.254. The number of rotatable bonds is 4. The van der Waals surface area contributed by atoms with Gasteiger partial charge < -0.3 is 10.4 Å². The molecule has 1 aliphatic carbocycles. The number of aliphatic hydroxyl groups is 1. The lowest BCUT2D eigenvalue weighted by Crippen LogP contribution is -2.38. The van der Waals surface area contributed by atoms with Crippen LogP contribution in [0.4, 0.5) is 8.78 Å². The molecule has 1 unspecified atom stereocenters. The summed E-state index contributed by atoms with van der Waals surface area (Å²) >= 11 is 5.79. The van der Waals surface area contributed by atoms with Crippen molar-refractivity contribution in [2.45, 2.75) is 37.6 Å². The van der Waals surface area contributed by atoms with E-state index in [2.05, 4.69) is 5.32 Å². The van der Waals surface area contributed by atoms with Crippen LogP contribution in [0.1, 0.15) is 37.3 Å². The first kappa shape index (κ1) is 16.2. The van der Waals surface area contributed by atoms with E-state index in [9.17, 15) is 18.7 Å². The number of amides is 1. The van der Waals surface area contributed by atoms with Crippen molar-refractivity contribution in [2.75, 3.05) is 6.61 Å². The Hall–Kier alpha value is -1.20.